The minimum atomic E-state index is -0.231. The molecule has 0 fully saturated rings. The third kappa shape index (κ3) is 4.28. The van der Waals surface area contributed by atoms with Crippen LogP contribution in [0.4, 0.5) is 17.1 Å². The Bertz CT molecular complexity index is 2720. The quantitative estimate of drug-likeness (QED) is 0.187. The lowest BCUT2D eigenvalue weighted by Gasteiger charge is -2.28. The van der Waals surface area contributed by atoms with Crippen molar-refractivity contribution in [3.8, 4) is 28.2 Å². The van der Waals surface area contributed by atoms with Gasteiger partial charge in [0.2, 0.25) is 0 Å². The Labute approximate surface area is 290 Å². The molecule has 1 aliphatic rings. The van der Waals surface area contributed by atoms with Gasteiger partial charge in [-0.05, 0) is 95.1 Å². The molecule has 238 valence electrons. The lowest BCUT2D eigenvalue weighted by Crippen LogP contribution is -2.16. The number of imidazole rings is 1. The number of aromatic nitrogens is 2. The van der Waals surface area contributed by atoms with Gasteiger partial charge in [0, 0.05) is 44.5 Å². The fraction of sp³-hybridized carbons (Fsp3) is 0.0652. The maximum absolute atomic E-state index is 6.19. The minimum Gasteiger partial charge on any atom is -0.456 e. The highest BCUT2D eigenvalue weighted by Crippen LogP contribution is 2.52. The molecule has 2 aromatic heterocycles. The van der Waals surface area contributed by atoms with Crippen molar-refractivity contribution in [1.29, 1.82) is 0 Å². The number of benzene rings is 7. The maximum Gasteiger partial charge on any atom is 0.145 e. The molecule has 0 saturated carbocycles. The molecule has 0 aliphatic heterocycles. The Balaban J connectivity index is 1.15. The molecule has 0 radical (unpaired) electrons. The highest BCUT2D eigenvalue weighted by molar-refractivity contribution is 6.06. The second kappa shape index (κ2) is 10.8. The van der Waals surface area contributed by atoms with Crippen molar-refractivity contribution < 1.29 is 4.42 Å². The second-order valence-corrected chi connectivity index (χ2v) is 13.7. The van der Waals surface area contributed by atoms with Crippen molar-refractivity contribution in [2.24, 2.45) is 0 Å². The summed E-state index contributed by atoms with van der Waals surface area (Å²) in [5.74, 6) is 0.949. The van der Waals surface area contributed by atoms with Crippen LogP contribution in [0.5, 0.6) is 0 Å². The fourth-order valence-electron chi connectivity index (χ4n) is 7.93. The van der Waals surface area contributed by atoms with Gasteiger partial charge in [-0.25, -0.2) is 4.98 Å². The number of para-hydroxylation sites is 3. The van der Waals surface area contributed by atoms with Crippen LogP contribution in [-0.2, 0) is 5.41 Å². The molecule has 0 atom stereocenters. The average Bonchev–Trinajstić information content (AvgIpc) is 3.80. The topological polar surface area (TPSA) is 34.2 Å². The van der Waals surface area contributed by atoms with Crippen LogP contribution in [0.1, 0.15) is 25.0 Å². The van der Waals surface area contributed by atoms with E-state index in [-0.39, 0.29) is 5.41 Å². The summed E-state index contributed by atoms with van der Waals surface area (Å²) in [7, 11) is 0. The molecule has 0 N–H and O–H groups in total. The molecular weight excluding hydrogens is 611 g/mol. The van der Waals surface area contributed by atoms with E-state index in [9.17, 15) is 0 Å². The van der Waals surface area contributed by atoms with Gasteiger partial charge >= 0.3 is 0 Å². The summed E-state index contributed by atoms with van der Waals surface area (Å²) in [6, 6.07) is 58.1. The number of anilines is 3. The SMILES string of the molecule is CC1(C)c2cc(N(c3ccccc3)c3ccc4oc5ccccc5c4c3)ccc2-c2cc3c(cc21)nc(-c1ccccc1)n3-c1ccccc1. The van der Waals surface area contributed by atoms with Crippen LogP contribution in [0.2, 0.25) is 0 Å². The number of fused-ring (bicyclic) bond motifs is 7. The monoisotopic (exact) mass is 643 g/mol. The Kier molecular flexibility index (Phi) is 6.19. The zero-order valence-electron chi connectivity index (χ0n) is 27.8. The van der Waals surface area contributed by atoms with E-state index in [1.165, 1.54) is 22.3 Å². The Morgan fingerprint density at radius 3 is 1.98 bits per heavy atom. The number of hydrogen-bond donors (Lipinski definition) is 0. The van der Waals surface area contributed by atoms with Crippen LogP contribution in [0.3, 0.4) is 0 Å². The van der Waals surface area contributed by atoms with Crippen LogP contribution in [-0.4, -0.2) is 9.55 Å². The molecule has 7 aromatic carbocycles. The molecule has 0 unspecified atom stereocenters. The standard InChI is InChI=1S/C46H33N3O/c1-46(2)39-27-34(48(31-16-8-4-9-17-31)33-23-25-44-38(26-33)36-20-12-13-21-43(36)50-44)22-24-35(39)37-28-42-41(29-40(37)46)47-45(30-14-6-3-7-15-30)49(42)32-18-10-5-11-19-32/h3-29H,1-2H3. The molecule has 50 heavy (non-hydrogen) atoms. The molecule has 4 heteroatoms. The van der Waals surface area contributed by atoms with Crippen molar-refractivity contribution in [3.05, 3.63) is 175 Å². The van der Waals surface area contributed by atoms with Gasteiger partial charge in [-0.1, -0.05) is 105 Å². The van der Waals surface area contributed by atoms with Crippen LogP contribution in [0.15, 0.2) is 168 Å². The number of nitrogens with zero attached hydrogens (tertiary/aromatic N) is 3. The average molecular weight is 644 g/mol. The number of rotatable bonds is 5. The van der Waals surface area contributed by atoms with Crippen LogP contribution < -0.4 is 4.90 Å². The van der Waals surface area contributed by atoms with Crippen molar-refractivity contribution in [3.63, 3.8) is 0 Å². The van der Waals surface area contributed by atoms with Gasteiger partial charge in [-0.15, -0.1) is 0 Å². The summed E-state index contributed by atoms with van der Waals surface area (Å²) in [4.78, 5) is 7.63. The van der Waals surface area contributed by atoms with Gasteiger partial charge in [0.25, 0.3) is 0 Å². The summed E-state index contributed by atoms with van der Waals surface area (Å²) in [5.41, 5.74) is 14.3. The molecule has 2 heterocycles. The third-order valence-corrected chi connectivity index (χ3v) is 10.4. The van der Waals surface area contributed by atoms with E-state index < -0.39 is 0 Å². The Morgan fingerprint density at radius 2 is 1.18 bits per heavy atom. The van der Waals surface area contributed by atoms with E-state index in [0.29, 0.717) is 0 Å². The first-order valence-electron chi connectivity index (χ1n) is 17.1. The zero-order chi connectivity index (χ0) is 33.4. The smallest absolute Gasteiger partial charge is 0.145 e. The van der Waals surface area contributed by atoms with Crippen molar-refractivity contribution in [1.82, 2.24) is 9.55 Å². The lowest BCUT2D eigenvalue weighted by molar-refractivity contribution is 0.661. The normalized spacial score (nSPS) is 13.2. The van der Waals surface area contributed by atoms with Gasteiger partial charge in [-0.2, -0.15) is 0 Å². The van der Waals surface area contributed by atoms with Crippen molar-refractivity contribution in [2.75, 3.05) is 4.90 Å². The highest BCUT2D eigenvalue weighted by atomic mass is 16.3. The summed E-state index contributed by atoms with van der Waals surface area (Å²) in [6.07, 6.45) is 0. The van der Waals surface area contributed by atoms with Crippen molar-refractivity contribution >= 4 is 50.0 Å². The molecule has 0 saturated heterocycles. The summed E-state index contributed by atoms with van der Waals surface area (Å²) >= 11 is 0. The fourth-order valence-corrected chi connectivity index (χ4v) is 7.93. The van der Waals surface area contributed by atoms with Crippen LogP contribution in [0, 0.1) is 0 Å². The van der Waals surface area contributed by atoms with E-state index in [4.69, 9.17) is 9.40 Å². The van der Waals surface area contributed by atoms with Crippen LogP contribution in [0.25, 0.3) is 61.2 Å². The number of hydrogen-bond acceptors (Lipinski definition) is 3. The summed E-state index contributed by atoms with van der Waals surface area (Å²) in [5, 5.41) is 2.24. The largest absolute Gasteiger partial charge is 0.456 e. The third-order valence-electron chi connectivity index (χ3n) is 10.4. The molecule has 0 bridgehead atoms. The van der Waals surface area contributed by atoms with Crippen molar-refractivity contribution in [2.45, 2.75) is 19.3 Å². The molecule has 1 aliphatic carbocycles. The second-order valence-electron chi connectivity index (χ2n) is 13.7. The first-order valence-corrected chi connectivity index (χ1v) is 17.1. The first kappa shape index (κ1) is 28.6. The van der Waals surface area contributed by atoms with E-state index in [1.807, 2.05) is 12.1 Å². The van der Waals surface area contributed by atoms with E-state index in [1.54, 1.807) is 0 Å². The molecular formula is C46H33N3O. The molecule has 4 nitrogen and oxygen atoms in total. The van der Waals surface area contributed by atoms with E-state index >= 15 is 0 Å². The summed E-state index contributed by atoms with van der Waals surface area (Å²) in [6.45, 7) is 4.69. The predicted octanol–water partition coefficient (Wildman–Crippen LogP) is 12.4. The summed E-state index contributed by atoms with van der Waals surface area (Å²) < 4.78 is 8.49. The minimum absolute atomic E-state index is 0.231. The Morgan fingerprint density at radius 1 is 0.540 bits per heavy atom. The Hall–Kier alpha value is -6.39. The number of furan rings is 1. The van der Waals surface area contributed by atoms with Gasteiger partial charge in [0.1, 0.15) is 17.0 Å². The van der Waals surface area contributed by atoms with Gasteiger partial charge in [0.15, 0.2) is 0 Å². The van der Waals surface area contributed by atoms with Gasteiger partial charge in [0.05, 0.1) is 11.0 Å². The van der Waals surface area contributed by atoms with E-state index in [2.05, 4.69) is 175 Å². The maximum atomic E-state index is 6.19. The van der Waals surface area contributed by atoms with E-state index in [0.717, 1.165) is 67.1 Å². The van der Waals surface area contributed by atoms with Gasteiger partial charge in [-0.3, -0.25) is 4.57 Å². The van der Waals surface area contributed by atoms with Crippen LogP contribution >= 0.6 is 0 Å². The first-order chi connectivity index (χ1) is 24.5. The zero-order valence-corrected chi connectivity index (χ0v) is 27.8. The molecule has 10 rings (SSSR count). The molecule has 0 spiro atoms. The lowest BCUT2D eigenvalue weighted by atomic mass is 9.82. The highest BCUT2D eigenvalue weighted by Gasteiger charge is 2.37. The predicted molar refractivity (Wildman–Crippen MR) is 206 cm³/mol. The van der Waals surface area contributed by atoms with Gasteiger partial charge < -0.3 is 9.32 Å². The molecule has 0 amide bonds. The molecule has 9 aromatic rings.